The number of sulfonamides is 1. The highest BCUT2D eigenvalue weighted by Gasteiger charge is 2.30. The molecule has 0 aliphatic carbocycles. The third kappa shape index (κ3) is 2.38. The van der Waals surface area contributed by atoms with Gasteiger partial charge in [-0.15, -0.1) is 0 Å². The number of hydrogen-bond donors (Lipinski definition) is 2. The molecule has 0 aromatic heterocycles. The van der Waals surface area contributed by atoms with E-state index in [0.29, 0.717) is 19.5 Å². The molecule has 1 saturated heterocycles. The number of nitrogens with zero attached hydrogens (tertiary/aromatic N) is 1. The van der Waals surface area contributed by atoms with Gasteiger partial charge in [0.05, 0.1) is 4.90 Å². The number of amides is 1. The Bertz CT molecular complexity index is 553. The first-order chi connectivity index (χ1) is 8.41. The lowest BCUT2D eigenvalue weighted by atomic mass is 10.2. The van der Waals surface area contributed by atoms with E-state index in [1.165, 1.54) is 28.6 Å². The Kier molecular flexibility index (Phi) is 3.38. The zero-order valence-corrected chi connectivity index (χ0v) is 10.6. The van der Waals surface area contributed by atoms with Gasteiger partial charge in [-0.3, -0.25) is 4.79 Å². The predicted octanol–water partition coefficient (Wildman–Crippen LogP) is -0.493. The number of hydrogen-bond acceptors (Lipinski definition) is 4. The molecule has 0 bridgehead atoms. The minimum Gasteiger partial charge on any atom is -0.366 e. The molecular weight excluding hydrogens is 254 g/mol. The summed E-state index contributed by atoms with van der Waals surface area (Å²) in [6, 6.07) is 5.49. The summed E-state index contributed by atoms with van der Waals surface area (Å²) in [5.74, 6) is -0.581. The second-order valence-corrected chi connectivity index (χ2v) is 6.24. The molecule has 6 nitrogen and oxygen atoms in total. The lowest BCUT2D eigenvalue weighted by Gasteiger charge is -2.15. The van der Waals surface area contributed by atoms with Gasteiger partial charge >= 0.3 is 0 Å². The fraction of sp³-hybridized carbons (Fsp3) is 0.364. The molecule has 1 aliphatic heterocycles. The van der Waals surface area contributed by atoms with E-state index in [4.69, 9.17) is 11.5 Å². The van der Waals surface area contributed by atoms with Crippen LogP contribution in [0.25, 0.3) is 0 Å². The average Bonchev–Trinajstić information content (AvgIpc) is 2.76. The molecule has 1 aromatic rings. The van der Waals surface area contributed by atoms with Crippen LogP contribution in [0.5, 0.6) is 0 Å². The van der Waals surface area contributed by atoms with Gasteiger partial charge in [-0.1, -0.05) is 0 Å². The Morgan fingerprint density at radius 1 is 1.28 bits per heavy atom. The third-order valence-electron chi connectivity index (χ3n) is 2.96. The molecule has 1 amide bonds. The normalized spacial score (nSPS) is 21.1. The number of benzene rings is 1. The highest BCUT2D eigenvalue weighted by atomic mass is 32.2. The molecule has 18 heavy (non-hydrogen) atoms. The van der Waals surface area contributed by atoms with Crippen LogP contribution >= 0.6 is 0 Å². The standard InChI is InChI=1S/C11H15N3O3S/c12-9-5-6-14(7-9)18(16,17)10-3-1-8(2-4-10)11(13)15/h1-4,9H,5-7,12H2,(H2,13,15)/t9-/m1/s1. The first-order valence-corrected chi connectivity index (χ1v) is 7.01. The molecule has 1 atom stereocenters. The van der Waals surface area contributed by atoms with Gasteiger partial charge in [0.1, 0.15) is 0 Å². The van der Waals surface area contributed by atoms with Gasteiger partial charge in [0, 0.05) is 24.7 Å². The quantitative estimate of drug-likeness (QED) is 0.772. The highest BCUT2D eigenvalue weighted by Crippen LogP contribution is 2.20. The van der Waals surface area contributed by atoms with Crippen LogP contribution in [0, 0.1) is 0 Å². The third-order valence-corrected chi connectivity index (χ3v) is 4.84. The molecule has 7 heteroatoms. The Morgan fingerprint density at radius 3 is 2.33 bits per heavy atom. The largest absolute Gasteiger partial charge is 0.366 e. The molecule has 0 saturated carbocycles. The molecule has 1 aromatic carbocycles. The summed E-state index contributed by atoms with van der Waals surface area (Å²) in [5, 5.41) is 0. The van der Waals surface area contributed by atoms with Crippen molar-refractivity contribution in [3.8, 4) is 0 Å². The summed E-state index contributed by atoms with van der Waals surface area (Å²) in [4.78, 5) is 11.1. The summed E-state index contributed by atoms with van der Waals surface area (Å²) in [7, 11) is -3.51. The van der Waals surface area contributed by atoms with Crippen LogP contribution in [0.3, 0.4) is 0 Å². The Labute approximate surface area is 106 Å². The smallest absolute Gasteiger partial charge is 0.248 e. The van der Waals surface area contributed by atoms with E-state index >= 15 is 0 Å². The first-order valence-electron chi connectivity index (χ1n) is 5.57. The number of carbonyl (C=O) groups excluding carboxylic acids is 1. The number of nitrogens with two attached hydrogens (primary N) is 2. The molecule has 2 rings (SSSR count). The van der Waals surface area contributed by atoms with Crippen molar-refractivity contribution in [2.24, 2.45) is 11.5 Å². The predicted molar refractivity (Wildman–Crippen MR) is 66.3 cm³/mol. The van der Waals surface area contributed by atoms with E-state index in [-0.39, 0.29) is 16.5 Å². The van der Waals surface area contributed by atoms with Crippen molar-refractivity contribution < 1.29 is 13.2 Å². The zero-order valence-electron chi connectivity index (χ0n) is 9.74. The van der Waals surface area contributed by atoms with Crippen molar-refractivity contribution >= 4 is 15.9 Å². The maximum absolute atomic E-state index is 12.2. The first kappa shape index (κ1) is 13.0. The van der Waals surface area contributed by atoms with Crippen molar-refractivity contribution in [2.45, 2.75) is 17.4 Å². The minimum atomic E-state index is -3.51. The van der Waals surface area contributed by atoms with Crippen LogP contribution in [0.4, 0.5) is 0 Å². The maximum Gasteiger partial charge on any atom is 0.248 e. The van der Waals surface area contributed by atoms with Crippen LogP contribution in [0.2, 0.25) is 0 Å². The highest BCUT2D eigenvalue weighted by molar-refractivity contribution is 7.89. The second kappa shape index (κ2) is 4.68. The molecule has 1 fully saturated rings. The summed E-state index contributed by atoms with van der Waals surface area (Å²) in [6.07, 6.45) is 0.665. The van der Waals surface area contributed by atoms with Crippen LogP contribution in [0.1, 0.15) is 16.8 Å². The van der Waals surface area contributed by atoms with Crippen LogP contribution in [-0.4, -0.2) is 37.8 Å². The van der Waals surface area contributed by atoms with E-state index in [2.05, 4.69) is 0 Å². The van der Waals surface area contributed by atoms with E-state index in [9.17, 15) is 13.2 Å². The molecule has 0 unspecified atom stereocenters. The Morgan fingerprint density at radius 2 is 1.89 bits per heavy atom. The number of carbonyl (C=O) groups is 1. The van der Waals surface area contributed by atoms with Gasteiger partial charge in [-0.25, -0.2) is 8.42 Å². The van der Waals surface area contributed by atoms with Crippen LogP contribution in [-0.2, 0) is 10.0 Å². The summed E-state index contributed by atoms with van der Waals surface area (Å²) in [6.45, 7) is 0.765. The molecule has 0 spiro atoms. The molecule has 4 N–H and O–H groups in total. The number of primary amides is 1. The topological polar surface area (TPSA) is 106 Å². The molecular formula is C11H15N3O3S. The molecule has 0 radical (unpaired) electrons. The van der Waals surface area contributed by atoms with E-state index < -0.39 is 15.9 Å². The van der Waals surface area contributed by atoms with Gasteiger partial charge in [0.2, 0.25) is 15.9 Å². The Balaban J connectivity index is 2.27. The average molecular weight is 269 g/mol. The fourth-order valence-electron chi connectivity index (χ4n) is 1.91. The monoisotopic (exact) mass is 269 g/mol. The summed E-state index contributed by atoms with van der Waals surface area (Å²) >= 11 is 0. The van der Waals surface area contributed by atoms with Gasteiger partial charge in [-0.05, 0) is 30.7 Å². The molecule has 1 heterocycles. The molecule has 1 aliphatic rings. The van der Waals surface area contributed by atoms with Crippen molar-refractivity contribution in [3.63, 3.8) is 0 Å². The van der Waals surface area contributed by atoms with Gasteiger partial charge < -0.3 is 11.5 Å². The van der Waals surface area contributed by atoms with Gasteiger partial charge in [0.15, 0.2) is 0 Å². The lowest BCUT2D eigenvalue weighted by Crippen LogP contribution is -2.32. The summed E-state index contributed by atoms with van der Waals surface area (Å²) in [5.41, 5.74) is 11.1. The van der Waals surface area contributed by atoms with Crippen LogP contribution in [0.15, 0.2) is 29.2 Å². The van der Waals surface area contributed by atoms with Crippen molar-refractivity contribution in [2.75, 3.05) is 13.1 Å². The minimum absolute atomic E-state index is 0.107. The van der Waals surface area contributed by atoms with Crippen LogP contribution < -0.4 is 11.5 Å². The summed E-state index contributed by atoms with van der Waals surface area (Å²) < 4.78 is 25.8. The van der Waals surface area contributed by atoms with Crippen molar-refractivity contribution in [3.05, 3.63) is 29.8 Å². The SMILES string of the molecule is NC(=O)c1ccc(S(=O)(=O)N2CC[C@@H](N)C2)cc1. The van der Waals surface area contributed by atoms with Gasteiger partial charge in [0.25, 0.3) is 0 Å². The second-order valence-electron chi connectivity index (χ2n) is 4.30. The Hall–Kier alpha value is -1.44. The van der Waals surface area contributed by atoms with E-state index in [1.807, 2.05) is 0 Å². The van der Waals surface area contributed by atoms with Gasteiger partial charge in [-0.2, -0.15) is 4.31 Å². The zero-order chi connectivity index (χ0) is 13.3. The van der Waals surface area contributed by atoms with E-state index in [1.54, 1.807) is 0 Å². The fourth-order valence-corrected chi connectivity index (χ4v) is 3.42. The van der Waals surface area contributed by atoms with Crippen molar-refractivity contribution in [1.82, 2.24) is 4.31 Å². The maximum atomic E-state index is 12.2. The number of rotatable bonds is 3. The van der Waals surface area contributed by atoms with E-state index in [0.717, 1.165) is 0 Å². The van der Waals surface area contributed by atoms with Crippen molar-refractivity contribution in [1.29, 1.82) is 0 Å². The molecule has 98 valence electrons. The lowest BCUT2D eigenvalue weighted by molar-refractivity contribution is 0.1000.